The van der Waals surface area contributed by atoms with Crippen LogP contribution in [0.3, 0.4) is 0 Å². The summed E-state index contributed by atoms with van der Waals surface area (Å²) in [6.45, 7) is 4.68. The molecule has 0 fully saturated rings. The minimum atomic E-state index is 0.0475. The highest BCUT2D eigenvalue weighted by molar-refractivity contribution is 5.92. The van der Waals surface area contributed by atoms with Crippen molar-refractivity contribution in [3.8, 4) is 0 Å². The number of aryl methyl sites for hydroxylation is 3. The van der Waals surface area contributed by atoms with Crippen molar-refractivity contribution in [3.63, 3.8) is 0 Å². The highest BCUT2D eigenvalue weighted by Gasteiger charge is 2.15. The molecule has 2 aromatic heterocycles. The van der Waals surface area contributed by atoms with Crippen molar-refractivity contribution >= 4 is 5.91 Å². The number of carbonyl (C=O) groups excluding carboxylic acids is 1. The molecule has 2 aromatic rings. The summed E-state index contributed by atoms with van der Waals surface area (Å²) >= 11 is 0. The predicted octanol–water partition coefficient (Wildman–Crippen LogP) is 1.68. The Labute approximate surface area is 113 Å². The lowest BCUT2D eigenvalue weighted by molar-refractivity contribution is 0.0787. The number of aromatic nitrogens is 3. The molecule has 1 amide bonds. The zero-order valence-electron chi connectivity index (χ0n) is 11.9. The van der Waals surface area contributed by atoms with Gasteiger partial charge in [0.25, 0.3) is 5.91 Å². The Hall–Kier alpha value is -2.04. The molecule has 0 saturated heterocycles. The Morgan fingerprint density at radius 3 is 2.74 bits per heavy atom. The van der Waals surface area contributed by atoms with Crippen LogP contribution in [0.2, 0.25) is 0 Å². The zero-order valence-corrected chi connectivity index (χ0v) is 11.9. The van der Waals surface area contributed by atoms with Crippen molar-refractivity contribution in [2.24, 2.45) is 7.05 Å². The summed E-state index contributed by atoms with van der Waals surface area (Å²) in [5, 5.41) is 7.14. The molecule has 0 radical (unpaired) electrons. The van der Waals surface area contributed by atoms with E-state index in [2.05, 4.69) is 10.2 Å². The molecule has 0 unspecified atom stereocenters. The molecular weight excluding hydrogens is 240 g/mol. The van der Waals surface area contributed by atoms with Crippen molar-refractivity contribution in [2.45, 2.75) is 20.3 Å². The van der Waals surface area contributed by atoms with Gasteiger partial charge in [-0.15, -0.1) is 0 Å². The number of nitrogens with zero attached hydrogens (tertiary/aromatic N) is 3. The predicted molar refractivity (Wildman–Crippen MR) is 74.1 cm³/mol. The van der Waals surface area contributed by atoms with Gasteiger partial charge in [0.05, 0.1) is 5.69 Å². The first kappa shape index (κ1) is 13.4. The Morgan fingerprint density at radius 2 is 2.21 bits per heavy atom. The fourth-order valence-electron chi connectivity index (χ4n) is 2.20. The van der Waals surface area contributed by atoms with E-state index in [-0.39, 0.29) is 5.91 Å². The van der Waals surface area contributed by atoms with Gasteiger partial charge in [-0.3, -0.25) is 9.89 Å². The second-order valence-corrected chi connectivity index (χ2v) is 4.89. The lowest BCUT2D eigenvalue weighted by Gasteiger charge is -2.17. The number of carbonyl (C=O) groups is 1. The van der Waals surface area contributed by atoms with Crippen LogP contribution in [-0.2, 0) is 13.5 Å². The van der Waals surface area contributed by atoms with Crippen LogP contribution >= 0.6 is 0 Å². The number of hydrogen-bond donors (Lipinski definition) is 1. The van der Waals surface area contributed by atoms with Gasteiger partial charge in [-0.2, -0.15) is 5.10 Å². The highest BCUT2D eigenvalue weighted by atomic mass is 16.2. The van der Waals surface area contributed by atoms with Gasteiger partial charge in [0.2, 0.25) is 0 Å². The molecule has 0 saturated carbocycles. The van der Waals surface area contributed by atoms with E-state index < -0.39 is 0 Å². The van der Waals surface area contributed by atoms with Gasteiger partial charge in [0, 0.05) is 32.5 Å². The van der Waals surface area contributed by atoms with Crippen LogP contribution in [0.25, 0.3) is 0 Å². The van der Waals surface area contributed by atoms with Crippen LogP contribution in [-0.4, -0.2) is 39.2 Å². The van der Waals surface area contributed by atoms with Crippen molar-refractivity contribution < 1.29 is 4.79 Å². The van der Waals surface area contributed by atoms with E-state index in [0.717, 1.165) is 17.8 Å². The summed E-state index contributed by atoms with van der Waals surface area (Å²) in [6.07, 6.45) is 2.70. The SMILES string of the molecule is Cc1n[nH]c(C)c1CCN(C)C(=O)c1cccn1C. The maximum absolute atomic E-state index is 12.2. The van der Waals surface area contributed by atoms with E-state index in [4.69, 9.17) is 0 Å². The number of H-pyrrole nitrogens is 1. The number of rotatable bonds is 4. The lowest BCUT2D eigenvalue weighted by Crippen LogP contribution is -2.30. The monoisotopic (exact) mass is 260 g/mol. The first-order valence-corrected chi connectivity index (χ1v) is 6.38. The van der Waals surface area contributed by atoms with Crippen molar-refractivity contribution in [2.75, 3.05) is 13.6 Å². The normalized spacial score (nSPS) is 10.7. The maximum Gasteiger partial charge on any atom is 0.270 e. The van der Waals surface area contributed by atoms with E-state index in [1.165, 1.54) is 5.56 Å². The highest BCUT2D eigenvalue weighted by Crippen LogP contribution is 2.11. The summed E-state index contributed by atoms with van der Waals surface area (Å²) < 4.78 is 1.84. The molecule has 0 aromatic carbocycles. The number of nitrogens with one attached hydrogen (secondary N) is 1. The minimum Gasteiger partial charge on any atom is -0.347 e. The summed E-state index contributed by atoms with van der Waals surface area (Å²) in [4.78, 5) is 14.0. The third kappa shape index (κ3) is 2.70. The first-order valence-electron chi connectivity index (χ1n) is 6.38. The molecule has 0 atom stereocenters. The molecule has 0 aliphatic heterocycles. The smallest absolute Gasteiger partial charge is 0.270 e. The molecule has 1 N–H and O–H groups in total. The van der Waals surface area contributed by atoms with Crippen LogP contribution in [0.15, 0.2) is 18.3 Å². The largest absolute Gasteiger partial charge is 0.347 e. The van der Waals surface area contributed by atoms with Gasteiger partial charge in [0.1, 0.15) is 5.69 Å². The fourth-order valence-corrected chi connectivity index (χ4v) is 2.20. The van der Waals surface area contributed by atoms with Crippen LogP contribution in [0.4, 0.5) is 0 Å². The topological polar surface area (TPSA) is 53.9 Å². The number of aromatic amines is 1. The average Bonchev–Trinajstić information content (AvgIpc) is 2.93. The molecule has 2 rings (SSSR count). The van der Waals surface area contributed by atoms with Crippen LogP contribution < -0.4 is 0 Å². The van der Waals surface area contributed by atoms with E-state index in [1.54, 1.807) is 4.90 Å². The van der Waals surface area contributed by atoms with E-state index in [9.17, 15) is 4.79 Å². The van der Waals surface area contributed by atoms with Crippen LogP contribution in [0, 0.1) is 13.8 Å². The molecule has 5 heteroatoms. The number of amides is 1. The van der Waals surface area contributed by atoms with Crippen LogP contribution in [0.5, 0.6) is 0 Å². The lowest BCUT2D eigenvalue weighted by atomic mass is 10.1. The molecule has 102 valence electrons. The molecule has 0 aliphatic rings. The van der Waals surface area contributed by atoms with E-state index >= 15 is 0 Å². The maximum atomic E-state index is 12.2. The van der Waals surface area contributed by atoms with Crippen molar-refractivity contribution in [1.82, 2.24) is 19.7 Å². The average molecular weight is 260 g/mol. The second-order valence-electron chi connectivity index (χ2n) is 4.89. The van der Waals surface area contributed by atoms with Gasteiger partial charge in [-0.25, -0.2) is 0 Å². The second kappa shape index (κ2) is 5.30. The van der Waals surface area contributed by atoms with Crippen molar-refractivity contribution in [1.29, 1.82) is 0 Å². The number of hydrogen-bond acceptors (Lipinski definition) is 2. The first-order chi connectivity index (χ1) is 9.00. The summed E-state index contributed by atoms with van der Waals surface area (Å²) in [5.74, 6) is 0.0475. The summed E-state index contributed by atoms with van der Waals surface area (Å²) in [7, 11) is 3.71. The quantitative estimate of drug-likeness (QED) is 0.909. The fraction of sp³-hybridized carbons (Fsp3) is 0.429. The Morgan fingerprint density at radius 1 is 1.47 bits per heavy atom. The molecular formula is C14H20N4O. The standard InChI is InChI=1S/C14H20N4O/c1-10-12(11(2)16-15-10)7-9-18(4)14(19)13-6-5-8-17(13)3/h5-6,8H,7,9H2,1-4H3,(H,15,16). The molecule has 0 aliphatic carbocycles. The third-order valence-corrected chi connectivity index (χ3v) is 3.49. The van der Waals surface area contributed by atoms with E-state index in [0.29, 0.717) is 12.2 Å². The van der Waals surface area contributed by atoms with Crippen LogP contribution in [0.1, 0.15) is 27.4 Å². The Kier molecular flexibility index (Phi) is 3.74. The minimum absolute atomic E-state index is 0.0475. The molecule has 2 heterocycles. The van der Waals surface area contributed by atoms with Crippen molar-refractivity contribution in [3.05, 3.63) is 41.0 Å². The molecule has 0 bridgehead atoms. The van der Waals surface area contributed by atoms with Gasteiger partial charge in [-0.05, 0) is 38.0 Å². The van der Waals surface area contributed by atoms with Gasteiger partial charge in [-0.1, -0.05) is 0 Å². The Balaban J connectivity index is 2.01. The van der Waals surface area contributed by atoms with Gasteiger partial charge in [0.15, 0.2) is 0 Å². The van der Waals surface area contributed by atoms with Gasteiger partial charge < -0.3 is 9.47 Å². The molecule has 19 heavy (non-hydrogen) atoms. The third-order valence-electron chi connectivity index (χ3n) is 3.49. The van der Waals surface area contributed by atoms with E-state index in [1.807, 2.05) is 50.8 Å². The number of likely N-dealkylation sites (N-methyl/N-ethyl adjacent to an activating group) is 1. The summed E-state index contributed by atoms with van der Waals surface area (Å²) in [6, 6.07) is 3.72. The molecule has 0 spiro atoms. The summed E-state index contributed by atoms with van der Waals surface area (Å²) in [5.41, 5.74) is 4.00. The zero-order chi connectivity index (χ0) is 14.0. The Bertz CT molecular complexity index is 563. The molecule has 5 nitrogen and oxygen atoms in total. The van der Waals surface area contributed by atoms with Gasteiger partial charge >= 0.3 is 0 Å².